The Morgan fingerprint density at radius 1 is 1.23 bits per heavy atom. The van der Waals surface area contributed by atoms with E-state index in [1.165, 1.54) is 17.7 Å². The van der Waals surface area contributed by atoms with Gasteiger partial charge in [0.2, 0.25) is 5.91 Å². The largest absolute Gasteiger partial charge is 0.466 e. The van der Waals surface area contributed by atoms with Crippen molar-refractivity contribution in [2.24, 2.45) is 11.8 Å². The summed E-state index contributed by atoms with van der Waals surface area (Å²) < 4.78 is 20.3. The number of nitrogens with zero attached hydrogens (tertiary/aromatic N) is 3. The molecule has 1 aliphatic carbocycles. The molecule has 1 aromatic carbocycles. The first-order chi connectivity index (χ1) is 15.0. The van der Waals surface area contributed by atoms with Crippen LogP contribution in [0.5, 0.6) is 0 Å². The van der Waals surface area contributed by atoms with E-state index in [0.29, 0.717) is 32.7 Å². The highest BCUT2D eigenvalue weighted by Gasteiger charge is 2.31. The van der Waals surface area contributed by atoms with E-state index in [2.05, 4.69) is 5.10 Å². The molecule has 166 valence electrons. The molecule has 2 aliphatic rings. The number of benzene rings is 1. The lowest BCUT2D eigenvalue weighted by molar-refractivity contribution is -0.150. The van der Waals surface area contributed by atoms with Gasteiger partial charge in [-0.1, -0.05) is 18.6 Å². The van der Waals surface area contributed by atoms with E-state index < -0.39 is 0 Å². The van der Waals surface area contributed by atoms with Gasteiger partial charge in [-0.15, -0.1) is 0 Å². The monoisotopic (exact) mass is 427 g/mol. The zero-order valence-corrected chi connectivity index (χ0v) is 18.1. The van der Waals surface area contributed by atoms with Gasteiger partial charge in [0.15, 0.2) is 0 Å². The summed E-state index contributed by atoms with van der Waals surface area (Å²) in [5, 5.41) is 4.51. The topological polar surface area (TPSA) is 64.4 Å². The molecule has 4 rings (SSSR count). The molecule has 31 heavy (non-hydrogen) atoms. The van der Waals surface area contributed by atoms with Crippen LogP contribution in [0, 0.1) is 17.7 Å². The van der Waals surface area contributed by atoms with Gasteiger partial charge < -0.3 is 9.64 Å². The molecular formula is C24H30FN3O3. The predicted molar refractivity (Wildman–Crippen MR) is 114 cm³/mol. The van der Waals surface area contributed by atoms with E-state index in [-0.39, 0.29) is 29.5 Å². The summed E-state index contributed by atoms with van der Waals surface area (Å²) in [5.74, 6) is -0.0599. The summed E-state index contributed by atoms with van der Waals surface area (Å²) in [6.07, 6.45) is 6.72. The molecule has 7 heteroatoms. The Kier molecular flexibility index (Phi) is 6.68. The van der Waals surface area contributed by atoms with E-state index in [9.17, 15) is 14.0 Å². The summed E-state index contributed by atoms with van der Waals surface area (Å²) in [4.78, 5) is 27.1. The van der Waals surface area contributed by atoms with Gasteiger partial charge in [0.05, 0.1) is 37.5 Å². The van der Waals surface area contributed by atoms with Gasteiger partial charge in [0.25, 0.3) is 0 Å². The van der Waals surface area contributed by atoms with Crippen molar-refractivity contribution in [1.29, 1.82) is 0 Å². The Hall–Kier alpha value is -2.70. The second kappa shape index (κ2) is 9.62. The Balaban J connectivity index is 1.37. The fraction of sp³-hybridized carbons (Fsp3) is 0.542. The Morgan fingerprint density at radius 2 is 2.03 bits per heavy atom. The smallest absolute Gasteiger partial charge is 0.308 e. The third-order valence-electron chi connectivity index (χ3n) is 6.49. The van der Waals surface area contributed by atoms with Crippen LogP contribution < -0.4 is 0 Å². The molecule has 2 heterocycles. The molecule has 1 saturated carbocycles. The first-order valence-corrected chi connectivity index (χ1v) is 11.3. The Morgan fingerprint density at radius 3 is 2.81 bits per heavy atom. The number of carbonyl (C=O) groups is 2. The molecule has 0 bridgehead atoms. The Labute approximate surface area is 182 Å². The highest BCUT2D eigenvalue weighted by Crippen LogP contribution is 2.33. The lowest BCUT2D eigenvalue weighted by atomic mass is 9.79. The third kappa shape index (κ3) is 5.14. The lowest BCUT2D eigenvalue weighted by Crippen LogP contribution is -2.38. The molecule has 1 fully saturated rings. The van der Waals surface area contributed by atoms with Crippen molar-refractivity contribution < 1.29 is 18.7 Å². The van der Waals surface area contributed by atoms with Gasteiger partial charge >= 0.3 is 5.97 Å². The molecule has 0 saturated heterocycles. The standard InChI is InChI=1S/C24H30FN3O3/c1-2-31-24(30)19-5-3-4-18(12-19)13-23(29)27-11-10-20-14-26-28(22(20)16-27)15-17-6-8-21(25)9-7-17/h6-9,14,18-19H,2-5,10-13,15-16H2,1H3. The summed E-state index contributed by atoms with van der Waals surface area (Å²) >= 11 is 0. The maximum absolute atomic E-state index is 13.2. The van der Waals surface area contributed by atoms with Crippen molar-refractivity contribution in [3.8, 4) is 0 Å². The third-order valence-corrected chi connectivity index (χ3v) is 6.49. The zero-order chi connectivity index (χ0) is 21.8. The summed E-state index contributed by atoms with van der Waals surface area (Å²) in [7, 11) is 0. The number of esters is 1. The van der Waals surface area contributed by atoms with Crippen molar-refractivity contribution in [3.63, 3.8) is 0 Å². The van der Waals surface area contributed by atoms with Crippen LogP contribution in [-0.2, 0) is 33.8 Å². The Bertz CT molecular complexity index is 925. The summed E-state index contributed by atoms with van der Waals surface area (Å²) in [6, 6.07) is 6.43. The van der Waals surface area contributed by atoms with E-state index in [4.69, 9.17) is 4.74 Å². The van der Waals surface area contributed by atoms with Crippen LogP contribution in [-0.4, -0.2) is 39.7 Å². The minimum absolute atomic E-state index is 0.0726. The molecule has 0 N–H and O–H groups in total. The van der Waals surface area contributed by atoms with Crippen molar-refractivity contribution >= 4 is 11.9 Å². The molecule has 2 unspecified atom stereocenters. The molecule has 0 radical (unpaired) electrons. The van der Waals surface area contributed by atoms with Crippen LogP contribution in [0.15, 0.2) is 30.5 Å². The number of ether oxygens (including phenoxy) is 1. The minimum Gasteiger partial charge on any atom is -0.466 e. The molecular weight excluding hydrogens is 397 g/mol. The molecule has 6 nitrogen and oxygen atoms in total. The van der Waals surface area contributed by atoms with Crippen molar-refractivity contribution in [1.82, 2.24) is 14.7 Å². The number of fused-ring (bicyclic) bond motifs is 1. The predicted octanol–water partition coefficient (Wildman–Crippen LogP) is 3.71. The molecule has 0 spiro atoms. The first kappa shape index (κ1) is 21.5. The van der Waals surface area contributed by atoms with Gasteiger partial charge in [-0.3, -0.25) is 14.3 Å². The van der Waals surface area contributed by atoms with Gasteiger partial charge in [-0.25, -0.2) is 4.39 Å². The average Bonchev–Trinajstić information content (AvgIpc) is 3.17. The number of hydrogen-bond donors (Lipinski definition) is 0. The number of halogens is 1. The lowest BCUT2D eigenvalue weighted by Gasteiger charge is -2.32. The van der Waals surface area contributed by atoms with Gasteiger partial charge in [-0.05, 0) is 61.8 Å². The molecule has 1 amide bonds. The van der Waals surface area contributed by atoms with E-state index in [1.54, 1.807) is 12.1 Å². The van der Waals surface area contributed by atoms with Gasteiger partial charge in [-0.2, -0.15) is 5.10 Å². The molecule has 2 atom stereocenters. The number of amides is 1. The molecule has 1 aromatic heterocycles. The molecule has 1 aliphatic heterocycles. The SMILES string of the molecule is CCOC(=O)C1CCCC(CC(=O)N2CCc3cnn(Cc4ccc(F)cc4)c3C2)C1. The van der Waals surface area contributed by atoms with Crippen molar-refractivity contribution in [3.05, 3.63) is 53.1 Å². The second-order valence-corrected chi connectivity index (χ2v) is 8.65. The highest BCUT2D eigenvalue weighted by molar-refractivity contribution is 5.77. The van der Waals surface area contributed by atoms with E-state index in [1.807, 2.05) is 22.7 Å². The summed E-state index contributed by atoms with van der Waals surface area (Å²) in [6.45, 7) is 4.03. The van der Waals surface area contributed by atoms with E-state index in [0.717, 1.165) is 43.4 Å². The second-order valence-electron chi connectivity index (χ2n) is 8.65. The van der Waals surface area contributed by atoms with Crippen LogP contribution >= 0.6 is 0 Å². The zero-order valence-electron chi connectivity index (χ0n) is 18.1. The molecule has 2 aromatic rings. The number of carbonyl (C=O) groups excluding carboxylic acids is 2. The van der Waals surface area contributed by atoms with Crippen molar-refractivity contribution in [2.75, 3.05) is 13.2 Å². The van der Waals surface area contributed by atoms with Crippen LogP contribution in [0.2, 0.25) is 0 Å². The quantitative estimate of drug-likeness (QED) is 0.659. The fourth-order valence-electron chi connectivity index (χ4n) is 4.80. The maximum atomic E-state index is 13.2. The highest BCUT2D eigenvalue weighted by atomic mass is 19.1. The number of aromatic nitrogens is 2. The van der Waals surface area contributed by atoms with Crippen LogP contribution in [0.25, 0.3) is 0 Å². The maximum Gasteiger partial charge on any atom is 0.308 e. The van der Waals surface area contributed by atoms with Crippen molar-refractivity contribution in [2.45, 2.75) is 58.5 Å². The number of hydrogen-bond acceptors (Lipinski definition) is 4. The number of rotatable bonds is 6. The van der Waals surface area contributed by atoms with Gasteiger partial charge in [0.1, 0.15) is 5.82 Å². The minimum atomic E-state index is -0.254. The fourth-order valence-corrected chi connectivity index (χ4v) is 4.80. The average molecular weight is 428 g/mol. The van der Waals surface area contributed by atoms with Crippen LogP contribution in [0.4, 0.5) is 4.39 Å². The normalized spacial score (nSPS) is 20.9. The summed E-state index contributed by atoms with van der Waals surface area (Å²) in [5.41, 5.74) is 3.20. The first-order valence-electron chi connectivity index (χ1n) is 11.3. The van der Waals surface area contributed by atoms with Gasteiger partial charge in [0, 0.05) is 13.0 Å². The van der Waals surface area contributed by atoms with Crippen LogP contribution in [0.3, 0.4) is 0 Å². The van der Waals surface area contributed by atoms with Crippen LogP contribution in [0.1, 0.15) is 55.8 Å². The van der Waals surface area contributed by atoms with E-state index >= 15 is 0 Å².